The van der Waals surface area contributed by atoms with Gasteiger partial charge in [-0.3, -0.25) is 0 Å². The summed E-state index contributed by atoms with van der Waals surface area (Å²) >= 11 is 5.97. The summed E-state index contributed by atoms with van der Waals surface area (Å²) in [7, 11) is 0. The summed E-state index contributed by atoms with van der Waals surface area (Å²) in [4.78, 5) is 25.0. The van der Waals surface area contributed by atoms with Gasteiger partial charge in [0.15, 0.2) is 5.82 Å². The van der Waals surface area contributed by atoms with Crippen LogP contribution in [-0.4, -0.2) is 63.4 Å². The Morgan fingerprint density at radius 2 is 1.86 bits per heavy atom. The van der Waals surface area contributed by atoms with Gasteiger partial charge in [-0.25, -0.2) is 9.78 Å². The highest BCUT2D eigenvalue weighted by atomic mass is 35.5. The van der Waals surface area contributed by atoms with Crippen molar-refractivity contribution in [3.05, 3.63) is 52.4 Å². The van der Waals surface area contributed by atoms with E-state index < -0.39 is 0 Å². The van der Waals surface area contributed by atoms with E-state index in [2.05, 4.69) is 14.9 Å². The highest BCUT2D eigenvalue weighted by molar-refractivity contribution is 6.30. The maximum atomic E-state index is 11.9. The Balaban J connectivity index is 1.56. The van der Waals surface area contributed by atoms with Gasteiger partial charge in [-0.2, -0.15) is 9.50 Å². The second-order valence-corrected chi connectivity index (χ2v) is 7.41. The number of amides is 1. The molecule has 1 aromatic carbocycles. The van der Waals surface area contributed by atoms with Crippen LogP contribution in [0.3, 0.4) is 0 Å². The SMILES string of the molecule is CCOC(=O)N1CCN(c2cc(C)nc3nc(Cc4ccc(Cl)cc4)nn23)CC1. The predicted octanol–water partition coefficient (Wildman–Crippen LogP) is 2.96. The zero-order valence-corrected chi connectivity index (χ0v) is 17.3. The van der Waals surface area contributed by atoms with Gasteiger partial charge in [0.25, 0.3) is 5.78 Å². The van der Waals surface area contributed by atoms with Crippen molar-refractivity contribution in [2.75, 3.05) is 37.7 Å². The molecule has 4 rings (SSSR count). The average Bonchev–Trinajstić information content (AvgIpc) is 3.11. The van der Waals surface area contributed by atoms with Crippen LogP contribution < -0.4 is 4.90 Å². The number of hydrogen-bond acceptors (Lipinski definition) is 6. The van der Waals surface area contributed by atoms with E-state index in [0.29, 0.717) is 55.8 Å². The summed E-state index contributed by atoms with van der Waals surface area (Å²) in [6.07, 6.45) is 0.351. The molecular weight excluding hydrogens is 392 g/mol. The summed E-state index contributed by atoms with van der Waals surface area (Å²) in [5.74, 6) is 2.22. The number of fused-ring (bicyclic) bond motifs is 1. The van der Waals surface area contributed by atoms with E-state index in [1.54, 1.807) is 9.42 Å². The second-order valence-electron chi connectivity index (χ2n) is 6.97. The molecule has 1 amide bonds. The lowest BCUT2D eigenvalue weighted by Crippen LogP contribution is -2.49. The van der Waals surface area contributed by atoms with Gasteiger partial charge in [0.1, 0.15) is 5.82 Å². The normalized spacial score (nSPS) is 14.4. The molecule has 1 saturated heterocycles. The van der Waals surface area contributed by atoms with Gasteiger partial charge in [0, 0.05) is 49.4 Å². The monoisotopic (exact) mass is 414 g/mol. The highest BCUT2D eigenvalue weighted by Crippen LogP contribution is 2.20. The first-order valence-electron chi connectivity index (χ1n) is 9.68. The molecular formula is C20H23ClN6O2. The molecule has 0 aliphatic carbocycles. The Labute approximate surface area is 174 Å². The summed E-state index contributed by atoms with van der Waals surface area (Å²) in [5, 5.41) is 5.40. The number of benzene rings is 1. The molecule has 0 saturated carbocycles. The number of nitrogens with zero attached hydrogens (tertiary/aromatic N) is 6. The molecule has 0 radical (unpaired) electrons. The smallest absolute Gasteiger partial charge is 0.409 e. The van der Waals surface area contributed by atoms with E-state index in [4.69, 9.17) is 21.4 Å². The topological polar surface area (TPSA) is 75.9 Å². The van der Waals surface area contributed by atoms with Gasteiger partial charge in [-0.05, 0) is 31.5 Å². The van der Waals surface area contributed by atoms with Crippen LogP contribution in [0.1, 0.15) is 24.0 Å². The fraction of sp³-hybridized carbons (Fsp3) is 0.400. The van der Waals surface area contributed by atoms with Crippen LogP contribution >= 0.6 is 11.6 Å². The van der Waals surface area contributed by atoms with Crippen molar-refractivity contribution in [2.45, 2.75) is 20.3 Å². The first kappa shape index (κ1) is 19.4. The number of piperazine rings is 1. The molecule has 0 spiro atoms. The van der Waals surface area contributed by atoms with Gasteiger partial charge in [0.2, 0.25) is 0 Å². The van der Waals surface area contributed by atoms with E-state index >= 15 is 0 Å². The number of ether oxygens (including phenoxy) is 1. The van der Waals surface area contributed by atoms with Crippen molar-refractivity contribution in [1.82, 2.24) is 24.5 Å². The molecule has 9 heteroatoms. The Kier molecular flexibility index (Phi) is 5.53. The molecule has 152 valence electrons. The number of hydrogen-bond donors (Lipinski definition) is 0. The quantitative estimate of drug-likeness (QED) is 0.653. The summed E-state index contributed by atoms with van der Waals surface area (Å²) in [6.45, 7) is 6.76. The maximum absolute atomic E-state index is 11.9. The summed E-state index contributed by atoms with van der Waals surface area (Å²) in [5.41, 5.74) is 1.97. The third-order valence-electron chi connectivity index (χ3n) is 4.87. The lowest BCUT2D eigenvalue weighted by Gasteiger charge is -2.35. The summed E-state index contributed by atoms with van der Waals surface area (Å²) < 4.78 is 6.89. The number of aromatic nitrogens is 4. The molecule has 0 atom stereocenters. The van der Waals surface area contributed by atoms with E-state index in [1.807, 2.05) is 44.2 Å². The highest BCUT2D eigenvalue weighted by Gasteiger charge is 2.24. The molecule has 2 aromatic heterocycles. The van der Waals surface area contributed by atoms with E-state index in [-0.39, 0.29) is 6.09 Å². The van der Waals surface area contributed by atoms with E-state index in [9.17, 15) is 4.79 Å². The van der Waals surface area contributed by atoms with Crippen molar-refractivity contribution in [2.24, 2.45) is 0 Å². The Hall–Kier alpha value is -2.87. The van der Waals surface area contributed by atoms with Crippen molar-refractivity contribution in [3.63, 3.8) is 0 Å². The van der Waals surface area contributed by atoms with Crippen molar-refractivity contribution < 1.29 is 9.53 Å². The zero-order valence-electron chi connectivity index (χ0n) is 16.5. The van der Waals surface area contributed by atoms with Crippen molar-refractivity contribution in [1.29, 1.82) is 0 Å². The Morgan fingerprint density at radius 3 is 2.55 bits per heavy atom. The second kappa shape index (κ2) is 8.24. The standard InChI is InChI=1S/C20H23ClN6O2/c1-3-29-20(28)26-10-8-25(9-11-26)18-12-14(2)22-19-23-17(24-27(18)19)13-15-4-6-16(21)7-5-15/h4-7,12H,3,8-11,13H2,1-2H3. The first-order valence-corrected chi connectivity index (χ1v) is 10.1. The molecule has 1 aliphatic heterocycles. The minimum atomic E-state index is -0.255. The molecule has 0 bridgehead atoms. The van der Waals surface area contributed by atoms with Crippen LogP contribution in [-0.2, 0) is 11.2 Å². The molecule has 0 unspecified atom stereocenters. The number of carbonyl (C=O) groups is 1. The van der Waals surface area contributed by atoms with Crippen LogP contribution in [0.5, 0.6) is 0 Å². The zero-order chi connectivity index (χ0) is 20.4. The molecule has 1 aliphatic rings. The Bertz CT molecular complexity index is 1010. The fourth-order valence-electron chi connectivity index (χ4n) is 3.43. The van der Waals surface area contributed by atoms with Crippen LogP contribution in [0.2, 0.25) is 5.02 Å². The number of rotatable bonds is 4. The number of aryl methyl sites for hydroxylation is 1. The minimum Gasteiger partial charge on any atom is -0.450 e. The van der Waals surface area contributed by atoms with Crippen LogP contribution in [0.15, 0.2) is 30.3 Å². The fourth-order valence-corrected chi connectivity index (χ4v) is 3.55. The first-order chi connectivity index (χ1) is 14.0. The Morgan fingerprint density at radius 1 is 1.14 bits per heavy atom. The third kappa shape index (κ3) is 4.27. The van der Waals surface area contributed by atoms with Crippen molar-refractivity contribution >= 4 is 29.3 Å². The molecule has 3 aromatic rings. The molecule has 29 heavy (non-hydrogen) atoms. The van der Waals surface area contributed by atoms with Gasteiger partial charge in [-0.15, -0.1) is 5.10 Å². The van der Waals surface area contributed by atoms with Crippen LogP contribution in [0, 0.1) is 6.92 Å². The van der Waals surface area contributed by atoms with E-state index in [0.717, 1.165) is 17.1 Å². The molecule has 8 nitrogen and oxygen atoms in total. The number of carbonyl (C=O) groups excluding carboxylic acids is 1. The number of halogens is 1. The molecule has 0 N–H and O–H groups in total. The lowest BCUT2D eigenvalue weighted by atomic mass is 10.1. The largest absolute Gasteiger partial charge is 0.450 e. The van der Waals surface area contributed by atoms with Crippen LogP contribution in [0.25, 0.3) is 5.78 Å². The van der Waals surface area contributed by atoms with E-state index in [1.165, 1.54) is 0 Å². The van der Waals surface area contributed by atoms with Crippen LogP contribution in [0.4, 0.5) is 10.6 Å². The third-order valence-corrected chi connectivity index (χ3v) is 5.12. The molecule has 1 fully saturated rings. The average molecular weight is 415 g/mol. The van der Waals surface area contributed by atoms with Gasteiger partial charge in [0.05, 0.1) is 6.61 Å². The summed E-state index contributed by atoms with van der Waals surface area (Å²) in [6, 6.07) is 9.69. The van der Waals surface area contributed by atoms with Gasteiger partial charge >= 0.3 is 6.09 Å². The lowest BCUT2D eigenvalue weighted by molar-refractivity contribution is 0.105. The number of anilines is 1. The van der Waals surface area contributed by atoms with Gasteiger partial charge in [-0.1, -0.05) is 23.7 Å². The van der Waals surface area contributed by atoms with Crippen molar-refractivity contribution in [3.8, 4) is 0 Å². The maximum Gasteiger partial charge on any atom is 0.409 e. The molecule has 3 heterocycles. The van der Waals surface area contributed by atoms with Gasteiger partial charge < -0.3 is 14.5 Å². The minimum absolute atomic E-state index is 0.255. The predicted molar refractivity (Wildman–Crippen MR) is 111 cm³/mol.